The second-order valence-corrected chi connectivity index (χ2v) is 13.5. The zero-order valence-electron chi connectivity index (χ0n) is 24.0. The van der Waals surface area contributed by atoms with Crippen LogP contribution in [0.1, 0.15) is 47.1 Å². The average Bonchev–Trinajstić information content (AvgIpc) is 3.14. The highest BCUT2D eigenvalue weighted by atomic mass is 32.2. The molecular weight excluding hydrogens is 565 g/mol. The van der Waals surface area contributed by atoms with E-state index in [4.69, 9.17) is 14.3 Å². The number of aromatic nitrogens is 2. The van der Waals surface area contributed by atoms with Crippen molar-refractivity contribution in [1.29, 1.82) is 4.78 Å². The van der Waals surface area contributed by atoms with E-state index in [0.717, 1.165) is 12.1 Å². The number of benzene rings is 2. The molecular formula is C27H33F3N4O6S. The molecule has 224 valence electrons. The van der Waals surface area contributed by atoms with Crippen LogP contribution in [-0.2, 0) is 32.8 Å². The van der Waals surface area contributed by atoms with Crippen molar-refractivity contribution in [3.63, 3.8) is 0 Å². The normalized spacial score (nSPS) is 13.9. The van der Waals surface area contributed by atoms with Crippen LogP contribution in [0.5, 0.6) is 5.75 Å². The van der Waals surface area contributed by atoms with Gasteiger partial charge in [-0.1, -0.05) is 12.1 Å². The number of carbonyl (C=O) groups excluding carboxylic acids is 2. The Morgan fingerprint density at radius 3 is 1.95 bits per heavy atom. The number of halogens is 3. The number of nitrogens with one attached hydrogen (secondary N) is 1. The fourth-order valence-electron chi connectivity index (χ4n) is 3.97. The lowest BCUT2D eigenvalue weighted by atomic mass is 10.0. The summed E-state index contributed by atoms with van der Waals surface area (Å²) in [4.78, 5) is 31.5. The lowest BCUT2D eigenvalue weighted by molar-refractivity contribution is -0.274. The zero-order valence-corrected chi connectivity index (χ0v) is 24.8. The molecule has 1 unspecified atom stereocenters. The number of aryl methyl sites for hydroxylation is 1. The number of rotatable bonds is 5. The summed E-state index contributed by atoms with van der Waals surface area (Å²) in [6, 6.07) is 6.54. The quantitative estimate of drug-likeness (QED) is 0.341. The van der Waals surface area contributed by atoms with E-state index in [9.17, 15) is 27.0 Å². The molecule has 0 bridgehead atoms. The van der Waals surface area contributed by atoms with Crippen LogP contribution in [0, 0.1) is 4.78 Å². The van der Waals surface area contributed by atoms with Crippen molar-refractivity contribution in [2.75, 3.05) is 6.26 Å². The van der Waals surface area contributed by atoms with Crippen LogP contribution in [0.3, 0.4) is 0 Å². The third-order valence-corrected chi connectivity index (χ3v) is 6.60. The molecule has 2 aromatic carbocycles. The highest BCUT2D eigenvalue weighted by molar-refractivity contribution is 7.92. The minimum absolute atomic E-state index is 0.0328. The molecule has 1 atom stereocenters. The average molecular weight is 599 g/mol. The third-order valence-electron chi connectivity index (χ3n) is 5.36. The van der Waals surface area contributed by atoms with Crippen molar-refractivity contribution >= 4 is 32.9 Å². The van der Waals surface area contributed by atoms with Gasteiger partial charge in [-0.25, -0.2) is 28.5 Å². The molecule has 10 nitrogen and oxygen atoms in total. The van der Waals surface area contributed by atoms with E-state index < -0.39 is 51.8 Å². The topological polar surface area (TPSA) is 124 Å². The van der Waals surface area contributed by atoms with Crippen LogP contribution in [0.15, 0.2) is 41.6 Å². The number of fused-ring (bicyclic) bond motifs is 1. The maximum Gasteiger partial charge on any atom is 0.573 e. The standard InChI is InChI=1S/C27H33F3N4O6S/c1-25(2,3)39-23(35)34(24(36)40-26(4,5)6)14-17-13-19(16-9-11-18(12-10-16)38-27(28,29)30)20-21(33(7)15-32-20)22(17)41(8,31)37/h9-13,15,31H,14H2,1-8H3. The number of alkyl halides is 3. The number of hydrogen-bond donors (Lipinski definition) is 1. The second-order valence-electron chi connectivity index (χ2n) is 11.4. The van der Waals surface area contributed by atoms with Gasteiger partial charge in [0.25, 0.3) is 0 Å². The molecule has 3 aromatic rings. The first-order valence-corrected chi connectivity index (χ1v) is 14.3. The molecule has 0 aliphatic heterocycles. The number of imidazole rings is 1. The first-order valence-electron chi connectivity index (χ1n) is 12.4. The smallest absolute Gasteiger partial charge is 0.443 e. The Hall–Kier alpha value is -3.81. The Balaban J connectivity index is 2.25. The Morgan fingerprint density at radius 2 is 1.51 bits per heavy atom. The molecule has 0 aliphatic rings. The molecule has 0 radical (unpaired) electrons. The van der Waals surface area contributed by atoms with Crippen molar-refractivity contribution in [2.45, 2.75) is 70.5 Å². The summed E-state index contributed by atoms with van der Waals surface area (Å²) in [5.74, 6) is -0.431. The van der Waals surface area contributed by atoms with Gasteiger partial charge in [0.1, 0.15) is 17.0 Å². The van der Waals surface area contributed by atoms with Gasteiger partial charge in [-0.2, -0.15) is 0 Å². The fraction of sp³-hybridized carbons (Fsp3) is 0.444. The number of hydrogen-bond acceptors (Lipinski definition) is 8. The Morgan fingerprint density at radius 1 is 1.00 bits per heavy atom. The van der Waals surface area contributed by atoms with Crippen LogP contribution in [0.4, 0.5) is 22.8 Å². The first kappa shape index (κ1) is 31.7. The van der Waals surface area contributed by atoms with Crippen LogP contribution < -0.4 is 4.74 Å². The van der Waals surface area contributed by atoms with Crippen molar-refractivity contribution in [2.24, 2.45) is 7.05 Å². The monoisotopic (exact) mass is 598 g/mol. The number of imide groups is 1. The van der Waals surface area contributed by atoms with Crippen LogP contribution in [0.25, 0.3) is 22.2 Å². The zero-order chi connectivity index (χ0) is 31.1. The molecule has 0 saturated carbocycles. The van der Waals surface area contributed by atoms with E-state index in [1.54, 1.807) is 53.2 Å². The van der Waals surface area contributed by atoms with Crippen LogP contribution in [0.2, 0.25) is 0 Å². The van der Waals surface area contributed by atoms with Gasteiger partial charge < -0.3 is 18.8 Å². The summed E-state index contributed by atoms with van der Waals surface area (Å²) in [6.45, 7) is 9.26. The van der Waals surface area contributed by atoms with Gasteiger partial charge in [-0.05, 0) is 70.9 Å². The lowest BCUT2D eigenvalue weighted by Gasteiger charge is -2.29. The van der Waals surface area contributed by atoms with E-state index in [1.165, 1.54) is 30.8 Å². The molecule has 2 amide bonds. The van der Waals surface area contributed by atoms with E-state index in [2.05, 4.69) is 9.72 Å². The summed E-state index contributed by atoms with van der Waals surface area (Å²) in [5.41, 5.74) is -0.343. The molecule has 1 heterocycles. The highest BCUT2D eigenvalue weighted by Crippen LogP contribution is 2.37. The number of carbonyl (C=O) groups is 2. The summed E-state index contributed by atoms with van der Waals surface area (Å²) < 4.78 is 76.2. The van der Waals surface area contributed by atoms with Gasteiger partial charge in [-0.15, -0.1) is 13.2 Å². The van der Waals surface area contributed by atoms with Crippen molar-refractivity contribution < 1.29 is 41.2 Å². The van der Waals surface area contributed by atoms with E-state index in [-0.39, 0.29) is 10.5 Å². The Bertz CT molecular complexity index is 1540. The minimum atomic E-state index is -4.87. The second kappa shape index (κ2) is 10.9. The minimum Gasteiger partial charge on any atom is -0.443 e. The van der Waals surface area contributed by atoms with Crippen molar-refractivity contribution in [3.05, 3.63) is 42.2 Å². The number of amides is 2. The van der Waals surface area contributed by atoms with Gasteiger partial charge in [0.05, 0.1) is 38.5 Å². The highest BCUT2D eigenvalue weighted by Gasteiger charge is 2.34. The predicted octanol–water partition coefficient (Wildman–Crippen LogP) is 6.85. The van der Waals surface area contributed by atoms with Gasteiger partial charge >= 0.3 is 18.5 Å². The van der Waals surface area contributed by atoms with Gasteiger partial charge in [-0.3, -0.25) is 0 Å². The molecule has 0 spiro atoms. The van der Waals surface area contributed by atoms with E-state index in [1.807, 2.05) is 0 Å². The summed E-state index contributed by atoms with van der Waals surface area (Å²) in [6.07, 6.45) is -4.27. The van der Waals surface area contributed by atoms with E-state index >= 15 is 0 Å². The lowest BCUT2D eigenvalue weighted by Crippen LogP contribution is -2.43. The Kier molecular flexibility index (Phi) is 8.41. The number of ether oxygens (including phenoxy) is 3. The van der Waals surface area contributed by atoms with Crippen LogP contribution in [-0.4, -0.2) is 54.7 Å². The maximum atomic E-state index is 13.3. The summed E-state index contributed by atoms with van der Waals surface area (Å²) in [7, 11) is -1.86. The maximum absolute atomic E-state index is 13.3. The molecule has 0 fully saturated rings. The molecule has 3 rings (SSSR count). The van der Waals surface area contributed by atoms with Gasteiger partial charge in [0.2, 0.25) is 0 Å². The first-order chi connectivity index (χ1) is 18.6. The molecule has 14 heteroatoms. The van der Waals surface area contributed by atoms with Crippen molar-refractivity contribution in [1.82, 2.24) is 14.5 Å². The van der Waals surface area contributed by atoms with Gasteiger partial charge in [0, 0.05) is 18.9 Å². The number of nitrogens with zero attached hydrogens (tertiary/aromatic N) is 3. The van der Waals surface area contributed by atoms with Crippen LogP contribution >= 0.6 is 0 Å². The van der Waals surface area contributed by atoms with Crippen molar-refractivity contribution in [3.8, 4) is 16.9 Å². The predicted molar refractivity (Wildman–Crippen MR) is 146 cm³/mol. The summed E-state index contributed by atoms with van der Waals surface area (Å²) in [5, 5.41) is 0. The van der Waals surface area contributed by atoms with E-state index in [0.29, 0.717) is 27.1 Å². The molecule has 1 aromatic heterocycles. The molecule has 0 saturated heterocycles. The third kappa shape index (κ3) is 8.12. The summed E-state index contributed by atoms with van der Waals surface area (Å²) >= 11 is 0. The van der Waals surface area contributed by atoms with Gasteiger partial charge in [0.15, 0.2) is 0 Å². The fourth-order valence-corrected chi connectivity index (χ4v) is 5.21. The largest absolute Gasteiger partial charge is 0.573 e. The molecule has 0 aliphatic carbocycles. The Labute approximate surface area is 236 Å². The molecule has 1 N–H and O–H groups in total. The SMILES string of the molecule is Cn1cnc2c(-c3ccc(OC(F)(F)F)cc3)cc(CN(C(=O)OC(C)(C)C)C(=O)OC(C)(C)C)c(S(C)(=N)=O)c21. The molecule has 41 heavy (non-hydrogen) atoms.